The summed E-state index contributed by atoms with van der Waals surface area (Å²) in [6.45, 7) is 6.30. The van der Waals surface area contributed by atoms with E-state index in [1.54, 1.807) is 0 Å². The van der Waals surface area contributed by atoms with Gasteiger partial charge in [-0.3, -0.25) is 0 Å². The van der Waals surface area contributed by atoms with E-state index >= 15 is 0 Å². The fraction of sp³-hybridized carbons (Fsp3) is 0.929. The molecule has 4 N–H and O–H groups in total. The van der Waals surface area contributed by atoms with Crippen molar-refractivity contribution >= 4 is 17.6 Å². The molecule has 4 nitrogen and oxygen atoms in total. The molecule has 0 aromatic carbocycles. The molecule has 5 heteroatoms. The number of oxime groups is 1. The summed E-state index contributed by atoms with van der Waals surface area (Å²) >= 11 is 2.08. The second-order valence-electron chi connectivity index (χ2n) is 6.09. The summed E-state index contributed by atoms with van der Waals surface area (Å²) in [6, 6.07) is 0. The molecule has 1 fully saturated rings. The highest BCUT2D eigenvalue weighted by atomic mass is 32.2. The van der Waals surface area contributed by atoms with Gasteiger partial charge < -0.3 is 16.3 Å². The monoisotopic (exact) mass is 287 g/mol. The Labute approximate surface area is 121 Å². The maximum Gasteiger partial charge on any atom is 0.144 e. The molecule has 0 unspecified atom stereocenters. The van der Waals surface area contributed by atoms with Crippen molar-refractivity contribution in [1.29, 1.82) is 0 Å². The smallest absolute Gasteiger partial charge is 0.144 e. The highest BCUT2D eigenvalue weighted by molar-refractivity contribution is 7.99. The molecule has 1 saturated heterocycles. The van der Waals surface area contributed by atoms with Gasteiger partial charge in [0.15, 0.2) is 0 Å². The predicted molar refractivity (Wildman–Crippen MR) is 84.0 cm³/mol. The zero-order valence-electron chi connectivity index (χ0n) is 12.3. The topological polar surface area (TPSA) is 70.6 Å². The zero-order valence-corrected chi connectivity index (χ0v) is 13.1. The highest BCUT2D eigenvalue weighted by Gasteiger charge is 2.22. The van der Waals surface area contributed by atoms with Crippen molar-refractivity contribution in [1.82, 2.24) is 5.32 Å². The fourth-order valence-electron chi connectivity index (χ4n) is 2.34. The Morgan fingerprint density at radius 1 is 1.37 bits per heavy atom. The van der Waals surface area contributed by atoms with Gasteiger partial charge in [0, 0.05) is 5.41 Å². The summed E-state index contributed by atoms with van der Waals surface area (Å²) in [5.41, 5.74) is 5.47. The van der Waals surface area contributed by atoms with Gasteiger partial charge in [-0.05, 0) is 56.2 Å². The lowest BCUT2D eigenvalue weighted by Gasteiger charge is -2.23. The molecule has 112 valence electrons. The van der Waals surface area contributed by atoms with Crippen LogP contribution in [0.25, 0.3) is 0 Å². The lowest BCUT2D eigenvalue weighted by Crippen LogP contribution is -2.32. The Balaban J connectivity index is 2.01. The number of unbranched alkanes of at least 4 members (excludes halogenated alkanes) is 1. The average Bonchev–Trinajstić information content (AvgIpc) is 2.42. The van der Waals surface area contributed by atoms with Crippen molar-refractivity contribution in [3.05, 3.63) is 0 Å². The van der Waals surface area contributed by atoms with Gasteiger partial charge in [-0.1, -0.05) is 25.4 Å². The third kappa shape index (κ3) is 6.52. The van der Waals surface area contributed by atoms with E-state index in [0.29, 0.717) is 5.84 Å². The summed E-state index contributed by atoms with van der Waals surface area (Å²) in [5, 5.41) is 15.4. The largest absolute Gasteiger partial charge is 0.409 e. The summed E-state index contributed by atoms with van der Waals surface area (Å²) in [5.74, 6) is 3.88. The van der Waals surface area contributed by atoms with Crippen LogP contribution in [0.1, 0.15) is 46.0 Å². The molecule has 0 aliphatic carbocycles. The van der Waals surface area contributed by atoms with Crippen LogP contribution in [-0.4, -0.2) is 35.6 Å². The zero-order chi connectivity index (χ0) is 14.1. The highest BCUT2D eigenvalue weighted by Crippen LogP contribution is 2.23. The molecule has 1 heterocycles. The van der Waals surface area contributed by atoms with Crippen LogP contribution in [0.2, 0.25) is 0 Å². The third-order valence-electron chi connectivity index (χ3n) is 3.98. The minimum absolute atomic E-state index is 0.199. The van der Waals surface area contributed by atoms with Gasteiger partial charge in [-0.2, -0.15) is 11.8 Å². The van der Waals surface area contributed by atoms with Crippen molar-refractivity contribution in [2.75, 3.05) is 24.6 Å². The number of thioether (sulfide) groups is 1. The standard InChI is InChI=1S/C14H29N3OS/c1-14(2,13(15)17-18)7-3-4-8-16-11-12-5-9-19-10-6-12/h12,16,18H,3-11H2,1-2H3,(H2,15,17). The van der Waals surface area contributed by atoms with E-state index in [2.05, 4.69) is 22.2 Å². The second-order valence-corrected chi connectivity index (χ2v) is 7.31. The molecule has 0 radical (unpaired) electrons. The second kappa shape index (κ2) is 8.69. The van der Waals surface area contributed by atoms with Crippen LogP contribution in [0.5, 0.6) is 0 Å². The summed E-state index contributed by atoms with van der Waals surface area (Å²) in [6.07, 6.45) is 5.97. The number of amidine groups is 1. The summed E-state index contributed by atoms with van der Waals surface area (Å²) < 4.78 is 0. The minimum atomic E-state index is -0.199. The van der Waals surface area contributed by atoms with Crippen LogP contribution in [0.3, 0.4) is 0 Å². The number of rotatable bonds is 8. The van der Waals surface area contributed by atoms with Crippen molar-refractivity contribution < 1.29 is 5.21 Å². The van der Waals surface area contributed by atoms with Gasteiger partial charge in [0.2, 0.25) is 0 Å². The molecule has 1 rings (SSSR count). The van der Waals surface area contributed by atoms with Crippen LogP contribution in [-0.2, 0) is 0 Å². The Hall–Kier alpha value is -0.420. The Kier molecular flexibility index (Phi) is 7.61. The Morgan fingerprint density at radius 2 is 2.05 bits per heavy atom. The quantitative estimate of drug-likeness (QED) is 0.211. The maximum atomic E-state index is 8.70. The molecule has 0 spiro atoms. The first-order chi connectivity index (χ1) is 9.06. The molecular formula is C14H29N3OS. The number of nitrogens with zero attached hydrogens (tertiary/aromatic N) is 1. The lowest BCUT2D eigenvalue weighted by molar-refractivity contribution is 0.304. The van der Waals surface area contributed by atoms with Gasteiger partial charge in [0.1, 0.15) is 5.84 Å². The van der Waals surface area contributed by atoms with Crippen LogP contribution in [0.4, 0.5) is 0 Å². The molecule has 1 aliphatic rings. The first-order valence-corrected chi connectivity index (χ1v) is 8.48. The third-order valence-corrected chi connectivity index (χ3v) is 5.03. The molecule has 0 aromatic heterocycles. The van der Waals surface area contributed by atoms with Crippen LogP contribution >= 0.6 is 11.8 Å². The average molecular weight is 287 g/mol. The van der Waals surface area contributed by atoms with Crippen molar-refractivity contribution in [2.24, 2.45) is 22.2 Å². The van der Waals surface area contributed by atoms with E-state index in [4.69, 9.17) is 10.9 Å². The number of nitrogens with one attached hydrogen (secondary N) is 1. The molecule has 0 atom stereocenters. The van der Waals surface area contributed by atoms with E-state index in [1.807, 2.05) is 13.8 Å². The predicted octanol–water partition coefficient (Wildman–Crippen LogP) is 2.66. The lowest BCUT2D eigenvalue weighted by atomic mass is 9.86. The molecule has 1 aliphatic heterocycles. The van der Waals surface area contributed by atoms with Crippen molar-refractivity contribution in [3.8, 4) is 0 Å². The van der Waals surface area contributed by atoms with E-state index < -0.39 is 0 Å². The summed E-state index contributed by atoms with van der Waals surface area (Å²) in [7, 11) is 0. The van der Waals surface area contributed by atoms with Crippen LogP contribution < -0.4 is 11.1 Å². The molecule has 0 amide bonds. The van der Waals surface area contributed by atoms with E-state index in [0.717, 1.165) is 31.7 Å². The number of hydrogen-bond acceptors (Lipinski definition) is 4. The fourth-order valence-corrected chi connectivity index (χ4v) is 3.54. The van der Waals surface area contributed by atoms with E-state index in [9.17, 15) is 0 Å². The van der Waals surface area contributed by atoms with Gasteiger partial charge in [0.25, 0.3) is 0 Å². The van der Waals surface area contributed by atoms with Crippen LogP contribution in [0.15, 0.2) is 5.16 Å². The van der Waals surface area contributed by atoms with Gasteiger partial charge in [-0.15, -0.1) is 0 Å². The van der Waals surface area contributed by atoms with Crippen LogP contribution in [0, 0.1) is 11.3 Å². The molecule has 19 heavy (non-hydrogen) atoms. The van der Waals surface area contributed by atoms with Gasteiger partial charge in [0.05, 0.1) is 0 Å². The Morgan fingerprint density at radius 3 is 2.68 bits per heavy atom. The number of hydrogen-bond donors (Lipinski definition) is 3. The molecule has 0 bridgehead atoms. The van der Waals surface area contributed by atoms with Crippen molar-refractivity contribution in [3.63, 3.8) is 0 Å². The van der Waals surface area contributed by atoms with E-state index in [-0.39, 0.29) is 5.41 Å². The molecule has 0 saturated carbocycles. The SMILES string of the molecule is CC(C)(CCCCNCC1CCSCC1)C(N)=NO. The van der Waals surface area contributed by atoms with Gasteiger partial charge >= 0.3 is 0 Å². The van der Waals surface area contributed by atoms with E-state index in [1.165, 1.54) is 30.9 Å². The van der Waals surface area contributed by atoms with Gasteiger partial charge in [-0.25, -0.2) is 0 Å². The molecular weight excluding hydrogens is 258 g/mol. The maximum absolute atomic E-state index is 8.70. The summed E-state index contributed by atoms with van der Waals surface area (Å²) in [4.78, 5) is 0. The Bertz CT molecular complexity index is 276. The first-order valence-electron chi connectivity index (χ1n) is 7.33. The normalized spacial score (nSPS) is 18.7. The van der Waals surface area contributed by atoms with Crippen molar-refractivity contribution in [2.45, 2.75) is 46.0 Å². The molecule has 0 aromatic rings. The number of nitrogens with two attached hydrogens (primary N) is 1. The minimum Gasteiger partial charge on any atom is -0.409 e. The first kappa shape index (κ1) is 16.6.